The molecular weight excluding hydrogens is 236 g/mol. The molecule has 0 spiro atoms. The molecule has 3 heteroatoms. The number of para-hydroxylation sites is 1. The second kappa shape index (κ2) is 6.01. The van der Waals surface area contributed by atoms with Gasteiger partial charge in [-0.2, -0.15) is 5.26 Å². The molecule has 0 radical (unpaired) electrons. The van der Waals surface area contributed by atoms with E-state index in [4.69, 9.17) is 10.00 Å². The van der Waals surface area contributed by atoms with Crippen molar-refractivity contribution in [3.63, 3.8) is 0 Å². The number of benzene rings is 1. The van der Waals surface area contributed by atoms with Crippen LogP contribution in [0.15, 0.2) is 42.6 Å². The molecule has 1 atom stereocenters. The third-order valence-electron chi connectivity index (χ3n) is 3.16. The summed E-state index contributed by atoms with van der Waals surface area (Å²) in [5, 5.41) is 9.05. The van der Waals surface area contributed by atoms with Crippen molar-refractivity contribution in [2.45, 2.75) is 26.2 Å². The van der Waals surface area contributed by atoms with Gasteiger partial charge in [0.15, 0.2) is 0 Å². The predicted octanol–water partition coefficient (Wildman–Crippen LogP) is 4.26. The summed E-state index contributed by atoms with van der Waals surface area (Å²) in [7, 11) is 0. The molecule has 1 unspecified atom stereocenters. The van der Waals surface area contributed by atoms with Crippen molar-refractivity contribution >= 4 is 0 Å². The second-order valence-electron chi connectivity index (χ2n) is 4.42. The first-order valence-corrected chi connectivity index (χ1v) is 6.38. The number of hydrogen-bond acceptors (Lipinski definition) is 3. The maximum Gasteiger partial charge on any atom is 0.237 e. The molecule has 0 aliphatic carbocycles. The number of nitriles is 1. The second-order valence-corrected chi connectivity index (χ2v) is 4.42. The van der Waals surface area contributed by atoms with Crippen LogP contribution in [0.2, 0.25) is 0 Å². The van der Waals surface area contributed by atoms with Crippen molar-refractivity contribution in [1.29, 1.82) is 5.26 Å². The Hall–Kier alpha value is -2.34. The topological polar surface area (TPSA) is 45.9 Å². The lowest BCUT2D eigenvalue weighted by Gasteiger charge is -2.15. The van der Waals surface area contributed by atoms with E-state index in [1.54, 1.807) is 18.3 Å². The van der Waals surface area contributed by atoms with Gasteiger partial charge in [-0.05, 0) is 36.1 Å². The molecule has 1 aromatic heterocycles. The van der Waals surface area contributed by atoms with Gasteiger partial charge >= 0.3 is 0 Å². The molecule has 2 aromatic rings. The SMILES string of the molecule is CCC(C)c1ccccc1Oc1ncccc1C#N. The molecule has 0 aliphatic heterocycles. The number of rotatable bonds is 4. The first-order valence-electron chi connectivity index (χ1n) is 6.38. The van der Waals surface area contributed by atoms with Gasteiger partial charge in [0.25, 0.3) is 0 Å². The monoisotopic (exact) mass is 252 g/mol. The fourth-order valence-corrected chi connectivity index (χ4v) is 1.86. The Morgan fingerprint density at radius 3 is 2.79 bits per heavy atom. The highest BCUT2D eigenvalue weighted by atomic mass is 16.5. The van der Waals surface area contributed by atoms with E-state index >= 15 is 0 Å². The zero-order valence-electron chi connectivity index (χ0n) is 11.1. The van der Waals surface area contributed by atoms with Gasteiger partial charge in [-0.3, -0.25) is 0 Å². The molecule has 0 N–H and O–H groups in total. The molecule has 0 aliphatic rings. The van der Waals surface area contributed by atoms with Gasteiger partial charge in [-0.25, -0.2) is 4.98 Å². The number of ether oxygens (including phenoxy) is 1. The van der Waals surface area contributed by atoms with Crippen LogP contribution in [0.25, 0.3) is 0 Å². The number of hydrogen-bond donors (Lipinski definition) is 0. The Morgan fingerprint density at radius 1 is 1.26 bits per heavy atom. The van der Waals surface area contributed by atoms with E-state index in [0.717, 1.165) is 17.7 Å². The van der Waals surface area contributed by atoms with E-state index < -0.39 is 0 Å². The first kappa shape index (κ1) is 13.1. The predicted molar refractivity (Wildman–Crippen MR) is 74.2 cm³/mol. The molecule has 0 bridgehead atoms. The normalized spacial score (nSPS) is 11.6. The fourth-order valence-electron chi connectivity index (χ4n) is 1.86. The highest BCUT2D eigenvalue weighted by molar-refractivity contribution is 5.43. The van der Waals surface area contributed by atoms with Crippen LogP contribution in [0.5, 0.6) is 11.6 Å². The molecule has 0 saturated heterocycles. The maximum atomic E-state index is 9.05. The number of nitrogens with zero attached hydrogens (tertiary/aromatic N) is 2. The molecule has 0 amide bonds. The van der Waals surface area contributed by atoms with Gasteiger partial charge in [0.05, 0.1) is 0 Å². The van der Waals surface area contributed by atoms with Crippen LogP contribution in [0.3, 0.4) is 0 Å². The zero-order chi connectivity index (χ0) is 13.7. The molecule has 3 nitrogen and oxygen atoms in total. The lowest BCUT2D eigenvalue weighted by Crippen LogP contribution is -1.98. The minimum Gasteiger partial charge on any atom is -0.437 e. The fraction of sp³-hybridized carbons (Fsp3) is 0.250. The Labute approximate surface area is 113 Å². The summed E-state index contributed by atoms with van der Waals surface area (Å²) in [5.41, 5.74) is 1.58. The van der Waals surface area contributed by atoms with Gasteiger partial charge in [0.2, 0.25) is 5.88 Å². The Kier molecular flexibility index (Phi) is 4.15. The van der Waals surface area contributed by atoms with Crippen molar-refractivity contribution < 1.29 is 4.74 Å². The van der Waals surface area contributed by atoms with Crippen LogP contribution in [0.1, 0.15) is 37.3 Å². The van der Waals surface area contributed by atoms with Crippen LogP contribution in [-0.4, -0.2) is 4.98 Å². The van der Waals surface area contributed by atoms with Gasteiger partial charge in [0, 0.05) is 6.20 Å². The zero-order valence-corrected chi connectivity index (χ0v) is 11.1. The van der Waals surface area contributed by atoms with Crippen LogP contribution in [0, 0.1) is 11.3 Å². The molecule has 0 fully saturated rings. The lowest BCUT2D eigenvalue weighted by atomic mass is 9.98. The summed E-state index contributed by atoms with van der Waals surface area (Å²) in [4.78, 5) is 4.13. The number of aromatic nitrogens is 1. The summed E-state index contributed by atoms with van der Waals surface area (Å²) in [6, 6.07) is 13.4. The summed E-state index contributed by atoms with van der Waals surface area (Å²) in [6.07, 6.45) is 2.66. The minimum atomic E-state index is 0.362. The van der Waals surface area contributed by atoms with Crippen molar-refractivity contribution in [3.8, 4) is 17.7 Å². The lowest BCUT2D eigenvalue weighted by molar-refractivity contribution is 0.450. The van der Waals surface area contributed by atoms with Gasteiger partial charge in [-0.1, -0.05) is 32.0 Å². The van der Waals surface area contributed by atoms with Crippen LogP contribution in [-0.2, 0) is 0 Å². The molecule has 96 valence electrons. The summed E-state index contributed by atoms with van der Waals surface area (Å²) in [5.74, 6) is 1.54. The highest BCUT2D eigenvalue weighted by Gasteiger charge is 2.12. The van der Waals surface area contributed by atoms with Crippen LogP contribution >= 0.6 is 0 Å². The van der Waals surface area contributed by atoms with Gasteiger partial charge in [0.1, 0.15) is 17.4 Å². The third-order valence-corrected chi connectivity index (χ3v) is 3.16. The van der Waals surface area contributed by atoms with E-state index in [2.05, 4.69) is 31.0 Å². The molecule has 19 heavy (non-hydrogen) atoms. The van der Waals surface area contributed by atoms with E-state index in [1.165, 1.54) is 0 Å². The van der Waals surface area contributed by atoms with E-state index in [-0.39, 0.29) is 0 Å². The Morgan fingerprint density at radius 2 is 2.05 bits per heavy atom. The van der Waals surface area contributed by atoms with Gasteiger partial charge in [-0.15, -0.1) is 0 Å². The highest BCUT2D eigenvalue weighted by Crippen LogP contribution is 2.32. The van der Waals surface area contributed by atoms with E-state index in [1.807, 2.05) is 18.2 Å². The van der Waals surface area contributed by atoms with E-state index in [9.17, 15) is 0 Å². The van der Waals surface area contributed by atoms with E-state index in [0.29, 0.717) is 17.4 Å². The summed E-state index contributed by atoms with van der Waals surface area (Å²) >= 11 is 0. The molecule has 0 saturated carbocycles. The van der Waals surface area contributed by atoms with Crippen molar-refractivity contribution in [3.05, 3.63) is 53.7 Å². The third kappa shape index (κ3) is 2.92. The van der Waals surface area contributed by atoms with Crippen LogP contribution < -0.4 is 4.74 Å². The van der Waals surface area contributed by atoms with Crippen molar-refractivity contribution in [2.75, 3.05) is 0 Å². The van der Waals surface area contributed by atoms with Crippen LogP contribution in [0.4, 0.5) is 0 Å². The number of pyridine rings is 1. The standard InChI is InChI=1S/C16H16N2O/c1-3-12(2)14-8-4-5-9-15(14)19-16-13(11-17)7-6-10-18-16/h4-10,12H,3H2,1-2H3. The summed E-state index contributed by atoms with van der Waals surface area (Å²) in [6.45, 7) is 4.30. The first-order chi connectivity index (χ1) is 9.26. The molecule has 1 aromatic carbocycles. The minimum absolute atomic E-state index is 0.362. The Bertz CT molecular complexity index is 602. The smallest absolute Gasteiger partial charge is 0.237 e. The van der Waals surface area contributed by atoms with Crippen molar-refractivity contribution in [1.82, 2.24) is 4.98 Å². The average Bonchev–Trinajstić information content (AvgIpc) is 2.47. The molecule has 2 rings (SSSR count). The maximum absolute atomic E-state index is 9.05. The molecular formula is C16H16N2O. The molecule has 1 heterocycles. The Balaban J connectivity index is 2.36. The largest absolute Gasteiger partial charge is 0.437 e. The average molecular weight is 252 g/mol. The quantitative estimate of drug-likeness (QED) is 0.816. The van der Waals surface area contributed by atoms with Gasteiger partial charge < -0.3 is 4.74 Å². The summed E-state index contributed by atoms with van der Waals surface area (Å²) < 4.78 is 5.82. The van der Waals surface area contributed by atoms with Crippen molar-refractivity contribution in [2.24, 2.45) is 0 Å².